The lowest BCUT2D eigenvalue weighted by Gasteiger charge is -2.60. The predicted molar refractivity (Wildman–Crippen MR) is 99.5 cm³/mol. The van der Waals surface area contributed by atoms with Crippen molar-refractivity contribution in [3.63, 3.8) is 0 Å². The summed E-state index contributed by atoms with van der Waals surface area (Å²) in [6.07, 6.45) is 10.6. The number of esters is 1. The molecule has 3 nitrogen and oxygen atoms in total. The summed E-state index contributed by atoms with van der Waals surface area (Å²) in [5, 5.41) is 0. The van der Waals surface area contributed by atoms with Gasteiger partial charge < -0.3 is 4.74 Å². The molecule has 1 heterocycles. The average molecular weight is 367 g/mol. The van der Waals surface area contributed by atoms with E-state index in [-0.39, 0.29) is 22.4 Å². The van der Waals surface area contributed by atoms with Crippen LogP contribution in [-0.4, -0.2) is 17.4 Å². The van der Waals surface area contributed by atoms with Gasteiger partial charge in [-0.1, -0.05) is 19.4 Å². The summed E-state index contributed by atoms with van der Waals surface area (Å²) >= 11 is 0. The zero-order valence-corrected chi connectivity index (χ0v) is 16.5. The Morgan fingerprint density at radius 1 is 1.00 bits per heavy atom. The number of hydrogen-bond donors (Lipinski definition) is 0. The molecule has 1 spiro atoms. The lowest BCUT2D eigenvalue weighted by Crippen LogP contribution is -2.57. The van der Waals surface area contributed by atoms with Gasteiger partial charge in [0, 0.05) is 24.2 Å². The van der Waals surface area contributed by atoms with Crippen molar-refractivity contribution in [2.75, 3.05) is 0 Å². The second kappa shape index (κ2) is 4.39. The fourth-order valence-corrected chi connectivity index (χ4v) is 9.74. The Labute approximate surface area is 161 Å². The molecular weight excluding hydrogens is 336 g/mol. The van der Waals surface area contributed by atoms with E-state index in [9.17, 15) is 9.59 Å². The molecule has 5 saturated carbocycles. The molecule has 0 amide bonds. The van der Waals surface area contributed by atoms with Gasteiger partial charge in [0.1, 0.15) is 5.60 Å². The minimum absolute atomic E-state index is 0.0561. The molecule has 3 heteroatoms. The van der Waals surface area contributed by atoms with Gasteiger partial charge >= 0.3 is 5.97 Å². The molecule has 6 aliphatic carbocycles. The van der Waals surface area contributed by atoms with Crippen LogP contribution in [0.1, 0.15) is 65.2 Å². The summed E-state index contributed by atoms with van der Waals surface area (Å²) in [4.78, 5) is 24.3. The molecule has 1 aliphatic heterocycles. The van der Waals surface area contributed by atoms with Gasteiger partial charge in [-0.05, 0) is 85.5 Å². The van der Waals surface area contributed by atoms with Crippen LogP contribution in [0.3, 0.4) is 0 Å². The number of rotatable bonds is 0. The number of fused-ring (bicyclic) bond motifs is 12. The van der Waals surface area contributed by atoms with Gasteiger partial charge in [0.15, 0.2) is 5.78 Å². The molecule has 0 aromatic carbocycles. The van der Waals surface area contributed by atoms with Crippen LogP contribution in [0.5, 0.6) is 0 Å². The summed E-state index contributed by atoms with van der Waals surface area (Å²) < 4.78 is 6.22. The van der Waals surface area contributed by atoms with Gasteiger partial charge in [-0.25, -0.2) is 0 Å². The van der Waals surface area contributed by atoms with Gasteiger partial charge in [-0.15, -0.1) is 0 Å². The smallest absolute Gasteiger partial charge is 0.306 e. The first-order valence-electron chi connectivity index (χ1n) is 11.4. The molecule has 27 heavy (non-hydrogen) atoms. The minimum atomic E-state index is -0.131. The third-order valence-corrected chi connectivity index (χ3v) is 10.9. The molecule has 5 unspecified atom stereocenters. The van der Waals surface area contributed by atoms with Crippen LogP contribution < -0.4 is 0 Å². The van der Waals surface area contributed by atoms with Crippen molar-refractivity contribution >= 4 is 11.8 Å². The molecule has 7 rings (SSSR count). The van der Waals surface area contributed by atoms with Crippen molar-refractivity contribution in [1.29, 1.82) is 0 Å². The Bertz CT molecular complexity index is 827. The number of hydrogen-bond acceptors (Lipinski definition) is 3. The third kappa shape index (κ3) is 1.58. The lowest BCUT2D eigenvalue weighted by molar-refractivity contribution is -0.177. The van der Waals surface area contributed by atoms with Crippen molar-refractivity contribution in [2.24, 2.45) is 52.3 Å². The van der Waals surface area contributed by atoms with E-state index >= 15 is 0 Å². The van der Waals surface area contributed by atoms with E-state index in [1.54, 1.807) is 0 Å². The van der Waals surface area contributed by atoms with Crippen molar-refractivity contribution in [1.82, 2.24) is 0 Å². The molecule has 0 radical (unpaired) electrons. The number of ether oxygens (including phenoxy) is 1. The summed E-state index contributed by atoms with van der Waals surface area (Å²) in [5.41, 5.74) is 1.85. The van der Waals surface area contributed by atoms with E-state index in [0.29, 0.717) is 24.0 Å². The number of carbonyl (C=O) groups excluding carboxylic acids is 2. The van der Waals surface area contributed by atoms with E-state index in [4.69, 9.17) is 4.74 Å². The Kier molecular flexibility index (Phi) is 2.56. The van der Waals surface area contributed by atoms with Crippen molar-refractivity contribution in [3.8, 4) is 0 Å². The highest BCUT2D eigenvalue weighted by atomic mass is 16.6. The lowest BCUT2D eigenvalue weighted by atomic mass is 9.45. The average Bonchev–Trinajstić information content (AvgIpc) is 3.53. The Hall–Kier alpha value is -1.12. The largest absolute Gasteiger partial charge is 0.458 e. The van der Waals surface area contributed by atoms with Crippen molar-refractivity contribution in [2.45, 2.75) is 70.8 Å². The van der Waals surface area contributed by atoms with E-state index < -0.39 is 0 Å². The molecule has 0 aromatic heterocycles. The van der Waals surface area contributed by atoms with E-state index in [2.05, 4.69) is 19.9 Å². The van der Waals surface area contributed by atoms with E-state index in [0.717, 1.165) is 48.9 Å². The number of ketones is 1. The molecule has 0 N–H and O–H groups in total. The van der Waals surface area contributed by atoms with Crippen LogP contribution in [0.25, 0.3) is 0 Å². The first-order valence-corrected chi connectivity index (χ1v) is 11.4. The van der Waals surface area contributed by atoms with E-state index in [1.807, 2.05) is 0 Å². The maximum absolute atomic E-state index is 12.2. The van der Waals surface area contributed by atoms with Crippen molar-refractivity contribution in [3.05, 3.63) is 11.6 Å². The minimum Gasteiger partial charge on any atom is -0.458 e. The topological polar surface area (TPSA) is 43.4 Å². The number of carbonyl (C=O) groups is 2. The molecule has 6 fully saturated rings. The van der Waals surface area contributed by atoms with Crippen LogP contribution in [0.15, 0.2) is 11.6 Å². The maximum Gasteiger partial charge on any atom is 0.306 e. The number of allylic oxidation sites excluding steroid dienone is 1. The molecule has 144 valence electrons. The highest BCUT2D eigenvalue weighted by molar-refractivity contribution is 5.92. The van der Waals surface area contributed by atoms with Gasteiger partial charge in [-0.2, -0.15) is 0 Å². The monoisotopic (exact) mass is 366 g/mol. The van der Waals surface area contributed by atoms with Gasteiger partial charge in [0.2, 0.25) is 0 Å². The second-order valence-corrected chi connectivity index (χ2v) is 11.5. The van der Waals surface area contributed by atoms with Crippen molar-refractivity contribution < 1.29 is 14.3 Å². The third-order valence-electron chi connectivity index (χ3n) is 10.9. The first kappa shape index (κ1) is 15.8. The molecular formula is C24H30O3. The predicted octanol–water partition coefficient (Wildman–Crippen LogP) is 4.31. The maximum atomic E-state index is 12.2. The highest BCUT2D eigenvalue weighted by Gasteiger charge is 2.81. The highest BCUT2D eigenvalue weighted by Crippen LogP contribution is 2.82. The van der Waals surface area contributed by atoms with Gasteiger partial charge in [0.05, 0.1) is 0 Å². The van der Waals surface area contributed by atoms with E-state index in [1.165, 1.54) is 31.3 Å². The first-order chi connectivity index (χ1) is 12.9. The summed E-state index contributed by atoms with van der Waals surface area (Å²) in [6, 6.07) is 0. The van der Waals surface area contributed by atoms with Crippen LogP contribution >= 0.6 is 0 Å². The fourth-order valence-electron chi connectivity index (χ4n) is 9.74. The summed E-state index contributed by atoms with van der Waals surface area (Å²) in [6.45, 7) is 4.99. The molecule has 0 bridgehead atoms. The van der Waals surface area contributed by atoms with Crippen LogP contribution in [0.4, 0.5) is 0 Å². The standard InChI is InChI=1S/C24H30O3/c1-22-6-3-12(25)9-17(22)13-10-14(13)20-16(22)4-7-23(2)21(20)15-11-18(15)24(23)8-5-19(26)27-24/h9,13-16,18,20-21H,3-8,10-11H2,1-2H3/t13-,14?,15-,16?,18?,20?,21?,22-,23+,24+/m1/s1. The molecule has 1 saturated heterocycles. The van der Waals surface area contributed by atoms with Gasteiger partial charge in [-0.3, -0.25) is 9.59 Å². The van der Waals surface area contributed by atoms with Crippen LogP contribution in [-0.2, 0) is 14.3 Å². The van der Waals surface area contributed by atoms with Gasteiger partial charge in [0.25, 0.3) is 0 Å². The SMILES string of the molecule is C[C@]12CCC(=O)C=C1[C@@H]1CC1C1C2CC[C@@]2(C)C1[C@@H]1CC1[C@@]21CCC(=O)O1. The quantitative estimate of drug-likeness (QED) is 0.600. The Balaban J connectivity index is 1.33. The normalized spacial score (nSPS) is 62.0. The zero-order chi connectivity index (χ0) is 18.3. The Morgan fingerprint density at radius 2 is 1.85 bits per heavy atom. The fraction of sp³-hybridized carbons (Fsp3) is 0.833. The molecule has 10 atom stereocenters. The summed E-state index contributed by atoms with van der Waals surface area (Å²) in [7, 11) is 0. The Morgan fingerprint density at radius 3 is 2.63 bits per heavy atom. The summed E-state index contributed by atoms with van der Waals surface area (Å²) in [5.74, 6) is 5.65. The van der Waals surface area contributed by atoms with Crippen LogP contribution in [0.2, 0.25) is 0 Å². The van der Waals surface area contributed by atoms with Crippen LogP contribution in [0, 0.1) is 52.3 Å². The molecule has 7 aliphatic rings. The molecule has 0 aromatic rings. The second-order valence-electron chi connectivity index (χ2n) is 11.5. The zero-order valence-electron chi connectivity index (χ0n) is 16.5.